The second kappa shape index (κ2) is 20.5. The van der Waals surface area contributed by atoms with E-state index in [0.717, 1.165) is 0 Å². The van der Waals surface area contributed by atoms with Gasteiger partial charge in [0.05, 0.1) is 59.5 Å². The zero-order valence-corrected chi connectivity index (χ0v) is 24.7. The molecule has 0 aromatic carbocycles. The Morgan fingerprint density at radius 2 is 1.67 bits per heavy atom. The average molecular weight is 625 g/mol. The number of ether oxygens (including phenoxy) is 5. The molecule has 6 N–H and O–H groups in total. The molecule has 0 radical (unpaired) electrons. The van der Waals surface area contributed by atoms with Crippen molar-refractivity contribution in [2.45, 2.75) is 44.6 Å². The summed E-state index contributed by atoms with van der Waals surface area (Å²) in [5.41, 5.74) is 5.94. The molecular formula is C24H43N5O12P+. The van der Waals surface area contributed by atoms with Crippen LogP contribution in [0.2, 0.25) is 0 Å². The maximum absolute atomic E-state index is 12.3. The number of hydrogen-bond donors (Lipinski definition) is 5. The standard InChI is InChI=1S/C24H42N5O12P/c1-17(30)26-6-8-37-10-12-39-14-13-38-11-9-36-7-4-20(31)27-5-2-3-18-15-29(24(33)28-22(18)25)23-21(32)19(16-40-23)41-42(34)35/h18-19,21,23,32H,2-16H2,1H3,(H4-,25,26,27,28,30,31,33,34,35)/p+1/t18?,19?,21-,23+/m0/s1. The van der Waals surface area contributed by atoms with E-state index in [2.05, 4.69) is 15.6 Å². The summed E-state index contributed by atoms with van der Waals surface area (Å²) < 4.78 is 42.5. The predicted octanol–water partition coefficient (Wildman–Crippen LogP) is -1.36. The van der Waals surface area contributed by atoms with Crippen molar-refractivity contribution in [2.75, 3.05) is 79.1 Å². The quantitative estimate of drug-likeness (QED) is 0.0693. The van der Waals surface area contributed by atoms with Gasteiger partial charge in [-0.05, 0) is 12.8 Å². The average Bonchev–Trinajstić information content (AvgIpc) is 3.28. The van der Waals surface area contributed by atoms with Crippen LogP contribution in [0.1, 0.15) is 26.2 Å². The highest BCUT2D eigenvalue weighted by Crippen LogP contribution is 2.30. The third-order valence-corrected chi connectivity index (χ3v) is 6.66. The van der Waals surface area contributed by atoms with Crippen molar-refractivity contribution < 1.29 is 57.2 Å². The largest absolute Gasteiger partial charge is 0.695 e. The smallest absolute Gasteiger partial charge is 0.387 e. The Morgan fingerprint density at radius 1 is 1.05 bits per heavy atom. The Hall–Kier alpha value is -2.34. The lowest BCUT2D eigenvalue weighted by Gasteiger charge is -2.34. The van der Waals surface area contributed by atoms with Gasteiger partial charge in [-0.1, -0.05) is 0 Å². The van der Waals surface area contributed by atoms with Crippen molar-refractivity contribution in [1.82, 2.24) is 15.5 Å². The first-order chi connectivity index (χ1) is 20.2. The molecule has 0 aliphatic carbocycles. The van der Waals surface area contributed by atoms with E-state index in [1.54, 1.807) is 0 Å². The summed E-state index contributed by atoms with van der Waals surface area (Å²) >= 11 is 0. The fraction of sp³-hybridized carbons (Fsp3) is 0.833. The summed E-state index contributed by atoms with van der Waals surface area (Å²) in [4.78, 5) is 49.1. The lowest BCUT2D eigenvalue weighted by Crippen LogP contribution is -2.53. The predicted molar refractivity (Wildman–Crippen MR) is 146 cm³/mol. The molecule has 3 unspecified atom stereocenters. The summed E-state index contributed by atoms with van der Waals surface area (Å²) in [6.07, 6.45) is -2.15. The highest BCUT2D eigenvalue weighted by Gasteiger charge is 2.47. The molecule has 5 atom stereocenters. The molecule has 2 heterocycles. The van der Waals surface area contributed by atoms with Crippen molar-refractivity contribution in [3.05, 3.63) is 0 Å². The van der Waals surface area contributed by atoms with Crippen LogP contribution in [0.25, 0.3) is 0 Å². The molecular weight excluding hydrogens is 581 g/mol. The molecule has 0 bridgehead atoms. The first kappa shape index (κ1) is 35.9. The number of amidine groups is 1. The Bertz CT molecular complexity index is 898. The normalized spacial score (nSPS) is 22.6. The number of rotatable bonds is 22. The molecule has 18 heteroatoms. The lowest BCUT2D eigenvalue weighted by atomic mass is 9.99. The second-order valence-corrected chi connectivity index (χ2v) is 10.1. The number of nitrogens with one attached hydrogen (secondary N) is 2. The van der Waals surface area contributed by atoms with E-state index in [0.29, 0.717) is 72.2 Å². The Morgan fingerprint density at radius 3 is 2.29 bits per heavy atom. The van der Waals surface area contributed by atoms with Crippen LogP contribution in [0.3, 0.4) is 0 Å². The maximum atomic E-state index is 12.3. The van der Waals surface area contributed by atoms with Gasteiger partial charge in [0.1, 0.15) is 11.9 Å². The molecule has 2 aliphatic rings. The Balaban J connectivity index is 1.46. The minimum atomic E-state index is -2.93. The molecule has 1 saturated heterocycles. The number of amides is 4. The van der Waals surface area contributed by atoms with Crippen molar-refractivity contribution in [2.24, 2.45) is 16.6 Å². The summed E-state index contributed by atoms with van der Waals surface area (Å²) in [5, 5.41) is 15.8. The number of aliphatic hydroxyl groups excluding tert-OH is 1. The minimum Gasteiger partial charge on any atom is -0.387 e. The zero-order chi connectivity index (χ0) is 30.7. The van der Waals surface area contributed by atoms with E-state index < -0.39 is 32.7 Å². The first-order valence-electron chi connectivity index (χ1n) is 13.8. The Kier molecular flexibility index (Phi) is 17.5. The molecule has 240 valence electrons. The van der Waals surface area contributed by atoms with Gasteiger partial charge in [-0.2, -0.15) is 4.99 Å². The Labute approximate surface area is 245 Å². The molecule has 0 aromatic heterocycles. The van der Waals surface area contributed by atoms with Crippen molar-refractivity contribution >= 4 is 31.9 Å². The van der Waals surface area contributed by atoms with Crippen LogP contribution in [0.15, 0.2) is 4.99 Å². The minimum absolute atomic E-state index is 0.0915. The number of nitrogens with zero attached hydrogens (tertiary/aromatic N) is 2. The van der Waals surface area contributed by atoms with E-state index >= 15 is 0 Å². The highest BCUT2D eigenvalue weighted by molar-refractivity contribution is 7.32. The number of aliphatic hydroxyl groups is 1. The molecule has 2 rings (SSSR count). The molecule has 0 saturated carbocycles. The molecule has 0 spiro atoms. The number of aliphatic imine (C=N–C) groups is 1. The van der Waals surface area contributed by atoms with Crippen LogP contribution in [-0.4, -0.2) is 136 Å². The van der Waals surface area contributed by atoms with E-state index in [9.17, 15) is 24.1 Å². The number of nitrogens with two attached hydrogens (primary N) is 1. The summed E-state index contributed by atoms with van der Waals surface area (Å²) in [7, 11) is -2.93. The highest BCUT2D eigenvalue weighted by atomic mass is 31.1. The summed E-state index contributed by atoms with van der Waals surface area (Å²) in [6.45, 7) is 5.40. The zero-order valence-electron chi connectivity index (χ0n) is 23.8. The van der Waals surface area contributed by atoms with Crippen molar-refractivity contribution in [1.29, 1.82) is 0 Å². The lowest BCUT2D eigenvalue weighted by molar-refractivity contribution is -0.122. The fourth-order valence-corrected chi connectivity index (χ4v) is 4.49. The fourth-order valence-electron chi connectivity index (χ4n) is 4.07. The van der Waals surface area contributed by atoms with Crippen LogP contribution in [0.4, 0.5) is 4.79 Å². The van der Waals surface area contributed by atoms with Gasteiger partial charge in [-0.15, -0.1) is 9.42 Å². The van der Waals surface area contributed by atoms with E-state index in [-0.39, 0.29) is 49.7 Å². The molecule has 2 aliphatic heterocycles. The monoisotopic (exact) mass is 624 g/mol. The van der Waals surface area contributed by atoms with Gasteiger partial charge in [0.2, 0.25) is 11.8 Å². The van der Waals surface area contributed by atoms with Gasteiger partial charge in [0.25, 0.3) is 0 Å². The number of hydrogen-bond acceptors (Lipinski definition) is 12. The molecule has 17 nitrogen and oxygen atoms in total. The SMILES string of the molecule is CC(=O)NCCOCCOCCOCCOCCC(=O)NCCCC1CN([C@@H]2OCC(O[P+](=O)O)[C@@H]2O)C(=O)N=C1N. The van der Waals surface area contributed by atoms with Crippen LogP contribution >= 0.6 is 8.25 Å². The third-order valence-electron chi connectivity index (χ3n) is 6.20. The number of carbonyl (C=O) groups is 3. The van der Waals surface area contributed by atoms with Crippen LogP contribution in [-0.2, 0) is 42.4 Å². The number of carbonyl (C=O) groups excluding carboxylic acids is 3. The van der Waals surface area contributed by atoms with Gasteiger partial charge in [0, 0.05) is 43.5 Å². The van der Waals surface area contributed by atoms with E-state index in [4.69, 9.17) is 38.8 Å². The van der Waals surface area contributed by atoms with Crippen LogP contribution in [0.5, 0.6) is 0 Å². The topological polar surface area (TPSA) is 230 Å². The van der Waals surface area contributed by atoms with Gasteiger partial charge in [-0.25, -0.2) is 4.79 Å². The summed E-state index contributed by atoms with van der Waals surface area (Å²) in [6, 6.07) is -0.674. The van der Waals surface area contributed by atoms with Gasteiger partial charge >= 0.3 is 14.3 Å². The molecule has 4 amide bonds. The summed E-state index contributed by atoms with van der Waals surface area (Å²) in [5.74, 6) is -0.409. The third kappa shape index (κ3) is 14.2. The van der Waals surface area contributed by atoms with Crippen molar-refractivity contribution in [3.8, 4) is 0 Å². The van der Waals surface area contributed by atoms with Crippen LogP contribution < -0.4 is 16.4 Å². The second-order valence-electron chi connectivity index (χ2n) is 9.44. The molecule has 1 fully saturated rings. The molecule has 0 aromatic rings. The van der Waals surface area contributed by atoms with Gasteiger partial charge < -0.3 is 45.2 Å². The van der Waals surface area contributed by atoms with Gasteiger partial charge in [0.15, 0.2) is 12.3 Å². The maximum Gasteiger partial charge on any atom is 0.695 e. The number of urea groups is 1. The van der Waals surface area contributed by atoms with E-state index in [1.165, 1.54) is 11.8 Å². The first-order valence-corrected chi connectivity index (χ1v) is 14.9. The van der Waals surface area contributed by atoms with Crippen LogP contribution in [0, 0.1) is 5.92 Å². The molecule has 42 heavy (non-hydrogen) atoms. The van der Waals surface area contributed by atoms with E-state index in [1.807, 2.05) is 0 Å². The van der Waals surface area contributed by atoms with Gasteiger partial charge in [-0.3, -0.25) is 14.5 Å². The van der Waals surface area contributed by atoms with Crippen molar-refractivity contribution in [3.63, 3.8) is 0 Å².